The second-order valence-corrected chi connectivity index (χ2v) is 11.1. The fraction of sp³-hybridized carbons (Fsp3) is 0.600. The Balaban J connectivity index is 2.15. The van der Waals surface area contributed by atoms with E-state index in [1.54, 1.807) is 37.4 Å². The predicted molar refractivity (Wildman–Crippen MR) is 148 cm³/mol. The molecule has 0 spiro atoms. The maximum Gasteiger partial charge on any atom is 0.242 e. The van der Waals surface area contributed by atoms with Crippen LogP contribution in [0.3, 0.4) is 0 Å². The molecule has 1 aromatic heterocycles. The van der Waals surface area contributed by atoms with Crippen LogP contribution < -0.4 is 9.47 Å². The van der Waals surface area contributed by atoms with E-state index in [1.165, 1.54) is 0 Å². The predicted octanol–water partition coefficient (Wildman–Crippen LogP) is 5.20. The normalized spacial score (nSPS) is 12.2. The van der Waals surface area contributed by atoms with E-state index in [9.17, 15) is 9.59 Å². The molecule has 0 bridgehead atoms. The molecule has 2 aromatic rings. The van der Waals surface area contributed by atoms with Gasteiger partial charge in [-0.25, -0.2) is 0 Å². The van der Waals surface area contributed by atoms with Gasteiger partial charge in [-0.05, 0) is 60.4 Å². The molecule has 1 heterocycles. The van der Waals surface area contributed by atoms with E-state index in [1.807, 2.05) is 30.3 Å². The molecule has 0 aliphatic rings. The number of ether oxygens (including phenoxy) is 3. The molecule has 1 aromatic carbocycles. The third kappa shape index (κ3) is 10.8. The molecule has 0 saturated carbocycles. The van der Waals surface area contributed by atoms with Crippen molar-refractivity contribution < 1.29 is 28.2 Å². The van der Waals surface area contributed by atoms with Crippen LogP contribution in [0.15, 0.2) is 41.0 Å². The minimum absolute atomic E-state index is 0.00374. The zero-order valence-electron chi connectivity index (χ0n) is 24.2. The topological polar surface area (TPSA) is 81.5 Å². The number of rotatable bonds is 16. The Bertz CT molecular complexity index is 983. The van der Waals surface area contributed by atoms with E-state index < -0.39 is 0 Å². The molecule has 1 unspecified atom stereocenters. The van der Waals surface area contributed by atoms with Crippen molar-refractivity contribution >= 4 is 11.8 Å². The molecule has 0 radical (unpaired) electrons. The van der Waals surface area contributed by atoms with Gasteiger partial charge in [-0.15, -0.1) is 0 Å². The average Bonchev–Trinajstić information content (AvgIpc) is 3.37. The Morgan fingerprint density at radius 3 is 2.32 bits per heavy atom. The largest absolute Gasteiger partial charge is 0.493 e. The second-order valence-electron chi connectivity index (χ2n) is 11.1. The van der Waals surface area contributed by atoms with E-state index >= 15 is 0 Å². The van der Waals surface area contributed by atoms with E-state index in [0.717, 1.165) is 12.0 Å². The summed E-state index contributed by atoms with van der Waals surface area (Å²) in [5, 5.41) is 0. The van der Waals surface area contributed by atoms with Crippen molar-refractivity contribution in [2.24, 2.45) is 11.3 Å². The molecule has 0 saturated heterocycles. The van der Waals surface area contributed by atoms with Crippen LogP contribution in [0.2, 0.25) is 0 Å². The zero-order valence-corrected chi connectivity index (χ0v) is 24.2. The van der Waals surface area contributed by atoms with Gasteiger partial charge in [-0.3, -0.25) is 9.59 Å². The lowest BCUT2D eigenvalue weighted by Gasteiger charge is -2.29. The zero-order chi connectivity index (χ0) is 28.1. The fourth-order valence-corrected chi connectivity index (χ4v) is 4.68. The first-order valence-corrected chi connectivity index (χ1v) is 13.3. The molecule has 38 heavy (non-hydrogen) atoms. The summed E-state index contributed by atoms with van der Waals surface area (Å²) < 4.78 is 21.5. The molecule has 212 valence electrons. The van der Waals surface area contributed by atoms with Crippen LogP contribution in [-0.4, -0.2) is 69.2 Å². The van der Waals surface area contributed by atoms with Crippen LogP contribution in [0.4, 0.5) is 0 Å². The number of hydrogen-bond donors (Lipinski definition) is 0. The van der Waals surface area contributed by atoms with Gasteiger partial charge in [-0.1, -0.05) is 33.8 Å². The van der Waals surface area contributed by atoms with Crippen LogP contribution in [0.25, 0.3) is 0 Å². The van der Waals surface area contributed by atoms with Gasteiger partial charge < -0.3 is 28.4 Å². The molecule has 0 aliphatic carbocycles. The molecule has 1 atom stereocenters. The van der Waals surface area contributed by atoms with Gasteiger partial charge in [0.2, 0.25) is 11.8 Å². The highest BCUT2D eigenvalue weighted by Gasteiger charge is 2.25. The van der Waals surface area contributed by atoms with Crippen molar-refractivity contribution in [2.45, 2.75) is 59.9 Å². The quantitative estimate of drug-likeness (QED) is 0.278. The molecule has 0 N–H and O–H groups in total. The SMILES string of the molecule is COCCCN(CC(=O)N(CCc1ccc(OC)c(OC)c1)Cc1ccco1)C(=O)CC(C)CC(C)(C)C. The maximum atomic E-state index is 13.6. The summed E-state index contributed by atoms with van der Waals surface area (Å²) in [6.45, 7) is 10.5. The number of nitrogens with zero attached hydrogens (tertiary/aromatic N) is 2. The summed E-state index contributed by atoms with van der Waals surface area (Å²) in [5.74, 6) is 2.12. The van der Waals surface area contributed by atoms with Crippen LogP contribution in [-0.2, 0) is 27.3 Å². The highest BCUT2D eigenvalue weighted by molar-refractivity contribution is 5.85. The molecule has 2 rings (SSSR count). The van der Waals surface area contributed by atoms with E-state index in [0.29, 0.717) is 62.8 Å². The lowest BCUT2D eigenvalue weighted by molar-refractivity contribution is -0.141. The smallest absolute Gasteiger partial charge is 0.242 e. The first-order chi connectivity index (χ1) is 18.1. The monoisotopic (exact) mass is 530 g/mol. The van der Waals surface area contributed by atoms with E-state index in [4.69, 9.17) is 18.6 Å². The third-order valence-corrected chi connectivity index (χ3v) is 6.34. The highest BCUT2D eigenvalue weighted by Crippen LogP contribution is 2.28. The Labute approximate surface area is 228 Å². The summed E-state index contributed by atoms with van der Waals surface area (Å²) in [4.78, 5) is 30.3. The van der Waals surface area contributed by atoms with Crippen molar-refractivity contribution in [3.63, 3.8) is 0 Å². The number of carbonyl (C=O) groups is 2. The molecule has 8 heteroatoms. The van der Waals surface area contributed by atoms with Gasteiger partial charge in [0.1, 0.15) is 5.76 Å². The first-order valence-electron chi connectivity index (χ1n) is 13.3. The third-order valence-electron chi connectivity index (χ3n) is 6.34. The molecule has 0 fully saturated rings. The Hall–Kier alpha value is -3.00. The summed E-state index contributed by atoms with van der Waals surface area (Å²) in [6.07, 6.45) is 4.25. The van der Waals surface area contributed by atoms with Crippen LogP contribution in [0.1, 0.15) is 58.3 Å². The number of methoxy groups -OCH3 is 3. The van der Waals surface area contributed by atoms with Gasteiger partial charge in [0.15, 0.2) is 11.5 Å². The van der Waals surface area contributed by atoms with Gasteiger partial charge in [0.25, 0.3) is 0 Å². The summed E-state index contributed by atoms with van der Waals surface area (Å²) in [6, 6.07) is 9.41. The van der Waals surface area contributed by atoms with E-state index in [-0.39, 0.29) is 29.7 Å². The number of furan rings is 1. The van der Waals surface area contributed by atoms with Crippen molar-refractivity contribution in [1.29, 1.82) is 0 Å². The maximum absolute atomic E-state index is 13.6. The fourth-order valence-electron chi connectivity index (χ4n) is 4.68. The van der Waals surface area contributed by atoms with Crippen molar-refractivity contribution in [2.75, 3.05) is 47.6 Å². The van der Waals surface area contributed by atoms with Crippen molar-refractivity contribution in [3.8, 4) is 11.5 Å². The number of carbonyl (C=O) groups excluding carboxylic acids is 2. The number of benzene rings is 1. The Morgan fingerprint density at radius 2 is 1.71 bits per heavy atom. The van der Waals surface area contributed by atoms with Crippen LogP contribution in [0, 0.1) is 11.3 Å². The lowest BCUT2D eigenvalue weighted by Crippen LogP contribution is -2.44. The number of amides is 2. The highest BCUT2D eigenvalue weighted by atomic mass is 16.5. The molecule has 0 aliphatic heterocycles. The molecular formula is C30H46N2O6. The lowest BCUT2D eigenvalue weighted by atomic mass is 9.84. The minimum atomic E-state index is -0.115. The van der Waals surface area contributed by atoms with Gasteiger partial charge >= 0.3 is 0 Å². The second kappa shape index (κ2) is 15.4. The summed E-state index contributed by atoms with van der Waals surface area (Å²) in [7, 11) is 4.85. The standard InChI is InChI=1S/C30H46N2O6/c1-23(20-30(2,3)4)18-28(33)31(14-9-16-35-5)22-29(34)32(21-25-10-8-17-38-25)15-13-24-11-12-26(36-6)27(19-24)37-7/h8,10-12,17,19,23H,9,13-16,18,20-22H2,1-7H3. The Morgan fingerprint density at radius 1 is 0.974 bits per heavy atom. The van der Waals surface area contributed by atoms with Gasteiger partial charge in [-0.2, -0.15) is 0 Å². The number of hydrogen-bond acceptors (Lipinski definition) is 6. The molecular weight excluding hydrogens is 484 g/mol. The molecule has 8 nitrogen and oxygen atoms in total. The molecule has 2 amide bonds. The van der Waals surface area contributed by atoms with Crippen molar-refractivity contribution in [3.05, 3.63) is 47.9 Å². The summed E-state index contributed by atoms with van der Waals surface area (Å²) in [5.41, 5.74) is 1.16. The van der Waals surface area contributed by atoms with Gasteiger partial charge in [0, 0.05) is 33.2 Å². The Kier molecular flexibility index (Phi) is 12.7. The van der Waals surface area contributed by atoms with Gasteiger partial charge in [0.05, 0.1) is 33.6 Å². The average molecular weight is 531 g/mol. The van der Waals surface area contributed by atoms with E-state index in [2.05, 4.69) is 27.7 Å². The minimum Gasteiger partial charge on any atom is -0.493 e. The van der Waals surface area contributed by atoms with Crippen LogP contribution in [0.5, 0.6) is 11.5 Å². The van der Waals surface area contributed by atoms with Crippen molar-refractivity contribution in [1.82, 2.24) is 9.80 Å². The van der Waals surface area contributed by atoms with Crippen LogP contribution >= 0.6 is 0 Å². The first kappa shape index (κ1) is 31.2. The summed E-state index contributed by atoms with van der Waals surface area (Å²) >= 11 is 0.